The molecule has 0 spiro atoms. The van der Waals surface area contributed by atoms with E-state index in [1.807, 2.05) is 0 Å². The second-order valence-electron chi connectivity index (χ2n) is 4.83. The molecule has 3 rings (SSSR count). The summed E-state index contributed by atoms with van der Waals surface area (Å²) in [4.78, 5) is 19.7. The van der Waals surface area contributed by atoms with Crippen molar-refractivity contribution in [1.29, 1.82) is 0 Å². The van der Waals surface area contributed by atoms with Gasteiger partial charge in [0, 0.05) is 11.8 Å². The molecule has 2 heterocycles. The molecule has 0 saturated carbocycles. The van der Waals surface area contributed by atoms with Crippen LogP contribution < -0.4 is 4.90 Å². The van der Waals surface area contributed by atoms with Crippen LogP contribution in [0.4, 0.5) is 14.9 Å². The fraction of sp³-hybridized carbons (Fsp3) is 0.308. The summed E-state index contributed by atoms with van der Waals surface area (Å²) in [5, 5.41) is 7.02. The van der Waals surface area contributed by atoms with Gasteiger partial charge < -0.3 is 9.26 Å². The fourth-order valence-corrected chi connectivity index (χ4v) is 2.22. The number of aryl methyl sites for hydroxylation is 1. The van der Waals surface area contributed by atoms with Crippen molar-refractivity contribution in [1.82, 2.24) is 10.1 Å². The van der Waals surface area contributed by atoms with Crippen LogP contribution in [0.15, 0.2) is 27.8 Å². The maximum Gasteiger partial charge on any atom is 0.414 e. The molecule has 23 heavy (non-hydrogen) atoms. The minimum atomic E-state index is -0.620. The van der Waals surface area contributed by atoms with E-state index >= 15 is 0 Å². The summed E-state index contributed by atoms with van der Waals surface area (Å²) >= 11 is 0. The van der Waals surface area contributed by atoms with E-state index in [0.717, 1.165) is 0 Å². The zero-order valence-electron chi connectivity index (χ0n) is 12.0. The largest absolute Gasteiger partial charge is 0.444 e. The number of halogens is 1. The number of carbonyl (C=O) groups excluding carboxylic acids is 1. The molecule has 10 heteroatoms. The van der Waals surface area contributed by atoms with Gasteiger partial charge in [-0.3, -0.25) is 4.90 Å². The molecule has 1 amide bonds. The van der Waals surface area contributed by atoms with Gasteiger partial charge in [-0.2, -0.15) is 4.98 Å². The van der Waals surface area contributed by atoms with Gasteiger partial charge in [0.25, 0.3) is 0 Å². The summed E-state index contributed by atoms with van der Waals surface area (Å²) in [5.74, 6) is -0.126. The third kappa shape index (κ3) is 2.92. The molecule has 1 aliphatic rings. The Morgan fingerprint density at radius 2 is 2.39 bits per heavy atom. The Hall–Kier alpha value is -3.13. The first-order valence-electron chi connectivity index (χ1n) is 6.67. The minimum Gasteiger partial charge on any atom is -0.444 e. The third-order valence-corrected chi connectivity index (χ3v) is 3.26. The SMILES string of the molecule is Cc1nc(-c2ccc(N3CC(CN=[N+]=[N-])OC3=O)cc2F)no1. The molecule has 0 radical (unpaired) electrons. The smallest absolute Gasteiger partial charge is 0.414 e. The highest BCUT2D eigenvalue weighted by atomic mass is 19.1. The van der Waals surface area contributed by atoms with Crippen LogP contribution in [-0.2, 0) is 4.74 Å². The van der Waals surface area contributed by atoms with E-state index in [4.69, 9.17) is 14.8 Å². The van der Waals surface area contributed by atoms with Crippen molar-refractivity contribution >= 4 is 11.8 Å². The van der Waals surface area contributed by atoms with Crippen LogP contribution in [0.5, 0.6) is 0 Å². The maximum absolute atomic E-state index is 14.3. The quantitative estimate of drug-likeness (QED) is 0.488. The lowest BCUT2D eigenvalue weighted by Gasteiger charge is -2.13. The van der Waals surface area contributed by atoms with E-state index in [2.05, 4.69) is 20.2 Å². The van der Waals surface area contributed by atoms with Gasteiger partial charge in [-0.05, 0) is 23.7 Å². The molecule has 1 aromatic carbocycles. The Bertz CT molecular complexity index is 801. The molecule has 1 fully saturated rings. The maximum atomic E-state index is 14.3. The summed E-state index contributed by atoms with van der Waals surface area (Å²) in [5.41, 5.74) is 8.79. The Morgan fingerprint density at radius 1 is 1.57 bits per heavy atom. The topological polar surface area (TPSA) is 117 Å². The van der Waals surface area contributed by atoms with Gasteiger partial charge in [-0.15, -0.1) is 0 Å². The fourth-order valence-electron chi connectivity index (χ4n) is 2.22. The number of nitrogens with zero attached hydrogens (tertiary/aromatic N) is 6. The van der Waals surface area contributed by atoms with Gasteiger partial charge >= 0.3 is 6.09 Å². The van der Waals surface area contributed by atoms with Gasteiger partial charge in [0.2, 0.25) is 11.7 Å². The molecule has 0 aliphatic carbocycles. The van der Waals surface area contributed by atoms with Gasteiger partial charge in [0.1, 0.15) is 11.9 Å². The summed E-state index contributed by atoms with van der Waals surface area (Å²) < 4.78 is 24.1. The third-order valence-electron chi connectivity index (χ3n) is 3.26. The summed E-state index contributed by atoms with van der Waals surface area (Å²) in [6, 6.07) is 4.21. The van der Waals surface area contributed by atoms with Crippen molar-refractivity contribution in [3.05, 3.63) is 40.3 Å². The Labute approximate surface area is 129 Å². The average Bonchev–Trinajstić information content (AvgIpc) is 3.11. The Kier molecular flexibility index (Phi) is 3.82. The Balaban J connectivity index is 1.83. The zero-order valence-corrected chi connectivity index (χ0v) is 12.0. The summed E-state index contributed by atoms with van der Waals surface area (Å²) in [7, 11) is 0. The number of benzene rings is 1. The van der Waals surface area contributed by atoms with Crippen molar-refractivity contribution in [2.75, 3.05) is 18.0 Å². The molecule has 1 saturated heterocycles. The molecule has 1 atom stereocenters. The number of cyclic esters (lactones) is 1. The van der Waals surface area contributed by atoms with Gasteiger partial charge in [-0.25, -0.2) is 9.18 Å². The molecular formula is C13H11FN6O3. The number of hydrogen-bond acceptors (Lipinski definition) is 6. The number of hydrogen-bond donors (Lipinski definition) is 0. The van der Waals surface area contributed by atoms with Crippen molar-refractivity contribution in [2.24, 2.45) is 5.11 Å². The first-order chi connectivity index (χ1) is 11.1. The lowest BCUT2D eigenvalue weighted by Crippen LogP contribution is -2.25. The van der Waals surface area contributed by atoms with E-state index in [1.165, 1.54) is 17.0 Å². The second-order valence-corrected chi connectivity index (χ2v) is 4.83. The lowest BCUT2D eigenvalue weighted by atomic mass is 10.1. The number of rotatable bonds is 4. The second kappa shape index (κ2) is 5.93. The van der Waals surface area contributed by atoms with Crippen LogP contribution in [-0.4, -0.2) is 35.4 Å². The molecule has 9 nitrogen and oxygen atoms in total. The van der Waals surface area contributed by atoms with E-state index in [-0.39, 0.29) is 24.5 Å². The summed E-state index contributed by atoms with van der Waals surface area (Å²) in [6.45, 7) is 1.81. The highest BCUT2D eigenvalue weighted by molar-refractivity contribution is 5.90. The molecule has 1 aliphatic heterocycles. The van der Waals surface area contributed by atoms with Crippen molar-refractivity contribution in [2.45, 2.75) is 13.0 Å². The lowest BCUT2D eigenvalue weighted by molar-refractivity contribution is 0.145. The first-order valence-corrected chi connectivity index (χ1v) is 6.67. The molecule has 0 N–H and O–H groups in total. The Morgan fingerprint density at radius 3 is 3.04 bits per heavy atom. The highest BCUT2D eigenvalue weighted by Gasteiger charge is 2.32. The number of ether oxygens (including phenoxy) is 1. The minimum absolute atomic E-state index is 0.0292. The van der Waals surface area contributed by atoms with Crippen LogP contribution in [0, 0.1) is 12.7 Å². The number of aromatic nitrogens is 2. The van der Waals surface area contributed by atoms with E-state index in [0.29, 0.717) is 11.6 Å². The predicted octanol–water partition coefficient (Wildman–Crippen LogP) is 2.82. The zero-order chi connectivity index (χ0) is 16.4. The number of carbonyl (C=O) groups is 1. The molecular weight excluding hydrogens is 307 g/mol. The normalized spacial score (nSPS) is 17.0. The van der Waals surface area contributed by atoms with Gasteiger partial charge in [0.05, 0.1) is 24.3 Å². The summed E-state index contributed by atoms with van der Waals surface area (Å²) in [6.07, 6.45) is -1.17. The molecule has 1 aromatic heterocycles. The van der Waals surface area contributed by atoms with Gasteiger partial charge in [0.15, 0.2) is 0 Å². The van der Waals surface area contributed by atoms with E-state index < -0.39 is 18.0 Å². The van der Waals surface area contributed by atoms with Crippen LogP contribution >= 0.6 is 0 Å². The first kappa shape index (κ1) is 14.8. The average molecular weight is 318 g/mol. The van der Waals surface area contributed by atoms with Crippen LogP contribution in [0.3, 0.4) is 0 Å². The predicted molar refractivity (Wildman–Crippen MR) is 76.1 cm³/mol. The number of azide groups is 1. The molecule has 118 valence electrons. The monoisotopic (exact) mass is 318 g/mol. The molecule has 0 bridgehead atoms. The number of amides is 1. The van der Waals surface area contributed by atoms with Crippen molar-refractivity contribution in [3.8, 4) is 11.4 Å². The highest BCUT2D eigenvalue weighted by Crippen LogP contribution is 2.27. The van der Waals surface area contributed by atoms with Crippen molar-refractivity contribution < 1.29 is 18.4 Å². The van der Waals surface area contributed by atoms with Gasteiger partial charge in [-0.1, -0.05) is 10.3 Å². The van der Waals surface area contributed by atoms with Crippen LogP contribution in [0.1, 0.15) is 5.89 Å². The number of anilines is 1. The van der Waals surface area contributed by atoms with E-state index in [1.54, 1.807) is 13.0 Å². The standard InChI is InChI=1S/C13H11FN6O3/c1-7-17-12(18-23-7)10-3-2-8(4-11(10)14)20-6-9(5-16-19-15)22-13(20)21/h2-4,9H,5-6H2,1H3. The van der Waals surface area contributed by atoms with E-state index in [9.17, 15) is 9.18 Å². The van der Waals surface area contributed by atoms with Crippen molar-refractivity contribution in [3.63, 3.8) is 0 Å². The molecule has 2 aromatic rings. The van der Waals surface area contributed by atoms with Crippen LogP contribution in [0.25, 0.3) is 21.8 Å². The molecule has 1 unspecified atom stereocenters. The van der Waals surface area contributed by atoms with Crippen LogP contribution in [0.2, 0.25) is 0 Å².